The highest BCUT2D eigenvalue weighted by molar-refractivity contribution is 7.92. The molecule has 0 heterocycles. The van der Waals surface area contributed by atoms with E-state index in [-0.39, 0.29) is 34.3 Å². The highest BCUT2D eigenvalue weighted by Gasteiger charge is 2.18. The van der Waals surface area contributed by atoms with Gasteiger partial charge in [0.1, 0.15) is 9.84 Å². The number of nitrogen functional groups attached to an aromatic ring is 1. The van der Waals surface area contributed by atoms with E-state index in [9.17, 15) is 16.8 Å². The maximum atomic E-state index is 12.1. The summed E-state index contributed by atoms with van der Waals surface area (Å²) in [5, 5.41) is 0. The zero-order valence-electron chi connectivity index (χ0n) is 11.1. The first-order valence-electron chi connectivity index (χ1n) is 5.97. The highest BCUT2D eigenvalue weighted by Crippen LogP contribution is 2.21. The van der Waals surface area contributed by atoms with Crippen LogP contribution in [0.15, 0.2) is 23.1 Å². The van der Waals surface area contributed by atoms with Crippen LogP contribution in [0.2, 0.25) is 0 Å². The van der Waals surface area contributed by atoms with Crippen molar-refractivity contribution in [3.63, 3.8) is 0 Å². The van der Waals surface area contributed by atoms with Gasteiger partial charge in [0.2, 0.25) is 0 Å². The Morgan fingerprint density at radius 2 is 1.74 bits per heavy atom. The first-order valence-corrected chi connectivity index (χ1v) is 9.44. The maximum Gasteiger partial charge on any atom is 0.180 e. The van der Waals surface area contributed by atoms with E-state index in [1.807, 2.05) is 6.92 Å². The summed E-state index contributed by atoms with van der Waals surface area (Å²) in [4.78, 5) is 0.0759. The van der Waals surface area contributed by atoms with Gasteiger partial charge in [-0.2, -0.15) is 0 Å². The Bertz CT molecular complexity index is 648. The van der Waals surface area contributed by atoms with Gasteiger partial charge in [-0.3, -0.25) is 0 Å². The monoisotopic (exact) mass is 305 g/mol. The van der Waals surface area contributed by atoms with Gasteiger partial charge in [0.15, 0.2) is 9.84 Å². The van der Waals surface area contributed by atoms with Crippen molar-refractivity contribution >= 4 is 25.4 Å². The number of nitrogens with two attached hydrogens (primary N) is 1. The molecule has 0 atom stereocenters. The van der Waals surface area contributed by atoms with Crippen LogP contribution in [0.1, 0.15) is 18.9 Å². The summed E-state index contributed by atoms with van der Waals surface area (Å²) >= 11 is 0. The van der Waals surface area contributed by atoms with E-state index < -0.39 is 19.7 Å². The summed E-state index contributed by atoms with van der Waals surface area (Å²) in [5.74, 6) is -0.298. The SMILES string of the molecule is CCS(=O)(=O)CCCS(=O)(=O)c1ccc(C)cc1N. The fraction of sp³-hybridized carbons (Fsp3) is 0.500. The summed E-state index contributed by atoms with van der Waals surface area (Å²) in [6, 6.07) is 4.73. The number of sulfone groups is 2. The fourth-order valence-corrected chi connectivity index (χ4v) is 4.17. The molecule has 0 aliphatic rings. The zero-order chi connectivity index (χ0) is 14.7. The third-order valence-corrected chi connectivity index (χ3v) is 6.47. The molecule has 5 nitrogen and oxygen atoms in total. The summed E-state index contributed by atoms with van der Waals surface area (Å²) in [7, 11) is -6.66. The number of aryl methyl sites for hydroxylation is 1. The van der Waals surface area contributed by atoms with Gasteiger partial charge in [-0.1, -0.05) is 13.0 Å². The van der Waals surface area contributed by atoms with Gasteiger partial charge in [0.25, 0.3) is 0 Å². The second-order valence-electron chi connectivity index (χ2n) is 4.45. The van der Waals surface area contributed by atoms with Crippen LogP contribution in [0.25, 0.3) is 0 Å². The van der Waals surface area contributed by atoms with Crippen LogP contribution < -0.4 is 5.73 Å². The van der Waals surface area contributed by atoms with Gasteiger partial charge in [0, 0.05) is 5.75 Å². The number of benzene rings is 1. The molecule has 0 saturated heterocycles. The molecule has 2 N–H and O–H groups in total. The third-order valence-electron chi connectivity index (χ3n) is 2.81. The van der Waals surface area contributed by atoms with E-state index in [4.69, 9.17) is 5.73 Å². The Morgan fingerprint density at radius 3 is 2.26 bits per heavy atom. The summed E-state index contributed by atoms with van der Waals surface area (Å²) in [5.41, 5.74) is 6.78. The van der Waals surface area contributed by atoms with Crippen molar-refractivity contribution in [2.45, 2.75) is 25.2 Å². The van der Waals surface area contributed by atoms with Gasteiger partial charge < -0.3 is 5.73 Å². The minimum absolute atomic E-state index is 0.0275. The van der Waals surface area contributed by atoms with E-state index >= 15 is 0 Å². The van der Waals surface area contributed by atoms with Gasteiger partial charge >= 0.3 is 0 Å². The Labute approximate surface area is 114 Å². The lowest BCUT2D eigenvalue weighted by Gasteiger charge is -2.08. The van der Waals surface area contributed by atoms with E-state index in [0.29, 0.717) is 0 Å². The van der Waals surface area contributed by atoms with Crippen molar-refractivity contribution in [1.82, 2.24) is 0 Å². The standard InChI is InChI=1S/C12H19NO4S2/c1-3-18(14,15)7-4-8-19(16,17)12-6-5-10(2)9-11(12)13/h5-6,9H,3-4,7-8,13H2,1-2H3. The fourth-order valence-electron chi connectivity index (χ4n) is 1.67. The molecule has 0 aliphatic carbocycles. The van der Waals surface area contributed by atoms with Crippen LogP contribution >= 0.6 is 0 Å². The van der Waals surface area contributed by atoms with Crippen LogP contribution in [0.4, 0.5) is 5.69 Å². The van der Waals surface area contributed by atoms with E-state index in [0.717, 1.165) is 5.56 Å². The third kappa shape index (κ3) is 4.50. The van der Waals surface area contributed by atoms with Crippen molar-refractivity contribution in [2.24, 2.45) is 0 Å². The van der Waals surface area contributed by atoms with Crippen molar-refractivity contribution in [2.75, 3.05) is 23.0 Å². The van der Waals surface area contributed by atoms with Gasteiger partial charge in [-0.05, 0) is 31.0 Å². The Hall–Kier alpha value is -1.08. The number of hydrogen-bond acceptors (Lipinski definition) is 5. The van der Waals surface area contributed by atoms with Crippen molar-refractivity contribution in [3.8, 4) is 0 Å². The molecule has 0 aromatic heterocycles. The molecule has 0 bridgehead atoms. The quantitative estimate of drug-likeness (QED) is 0.796. The number of hydrogen-bond donors (Lipinski definition) is 1. The van der Waals surface area contributed by atoms with Crippen molar-refractivity contribution in [1.29, 1.82) is 0 Å². The molecule has 1 rings (SSSR count). The Morgan fingerprint density at radius 1 is 1.11 bits per heavy atom. The second kappa shape index (κ2) is 5.92. The van der Waals surface area contributed by atoms with E-state index in [1.54, 1.807) is 19.1 Å². The molecule has 0 spiro atoms. The molecule has 0 saturated carbocycles. The summed E-state index contributed by atoms with van der Waals surface area (Å²) in [6.45, 7) is 3.36. The molecular weight excluding hydrogens is 286 g/mol. The lowest BCUT2D eigenvalue weighted by molar-refractivity contribution is 0.590. The molecule has 19 heavy (non-hydrogen) atoms. The van der Waals surface area contributed by atoms with Crippen LogP contribution in [0.3, 0.4) is 0 Å². The largest absolute Gasteiger partial charge is 0.398 e. The van der Waals surface area contributed by atoms with Crippen LogP contribution in [-0.4, -0.2) is 34.1 Å². The Balaban J connectivity index is 2.82. The predicted molar refractivity (Wildman–Crippen MR) is 76.6 cm³/mol. The number of anilines is 1. The maximum absolute atomic E-state index is 12.1. The molecule has 1 aromatic carbocycles. The smallest absolute Gasteiger partial charge is 0.180 e. The average molecular weight is 305 g/mol. The first-order chi connectivity index (χ1) is 8.68. The van der Waals surface area contributed by atoms with E-state index in [2.05, 4.69) is 0 Å². The number of rotatable bonds is 6. The van der Waals surface area contributed by atoms with Crippen LogP contribution in [0, 0.1) is 6.92 Å². The molecule has 0 radical (unpaired) electrons. The molecule has 0 fully saturated rings. The molecule has 1 aromatic rings. The second-order valence-corrected chi connectivity index (χ2v) is 9.00. The van der Waals surface area contributed by atoms with Crippen LogP contribution in [0.5, 0.6) is 0 Å². The molecule has 0 aliphatic heterocycles. The van der Waals surface area contributed by atoms with Crippen LogP contribution in [-0.2, 0) is 19.7 Å². The lowest BCUT2D eigenvalue weighted by atomic mass is 10.2. The van der Waals surface area contributed by atoms with Gasteiger partial charge in [-0.15, -0.1) is 0 Å². The normalized spacial score (nSPS) is 12.5. The molecule has 0 unspecified atom stereocenters. The summed E-state index contributed by atoms with van der Waals surface area (Å²) in [6.07, 6.45) is 0.0891. The Kier molecular flexibility index (Phi) is 4.98. The van der Waals surface area contributed by atoms with Gasteiger partial charge in [0.05, 0.1) is 22.1 Å². The minimum Gasteiger partial charge on any atom is -0.398 e. The first kappa shape index (κ1) is 16.0. The predicted octanol–water partition coefficient (Wildman–Crippen LogP) is 1.18. The summed E-state index contributed by atoms with van der Waals surface area (Å²) < 4.78 is 46.8. The van der Waals surface area contributed by atoms with E-state index in [1.165, 1.54) is 6.07 Å². The molecule has 108 valence electrons. The molecule has 7 heteroatoms. The minimum atomic E-state index is -3.53. The lowest BCUT2D eigenvalue weighted by Crippen LogP contribution is -2.15. The molecule has 0 amide bonds. The van der Waals surface area contributed by atoms with Gasteiger partial charge in [-0.25, -0.2) is 16.8 Å². The zero-order valence-corrected chi connectivity index (χ0v) is 12.7. The average Bonchev–Trinajstić information content (AvgIpc) is 2.27. The topological polar surface area (TPSA) is 94.3 Å². The van der Waals surface area contributed by atoms with Crippen molar-refractivity contribution in [3.05, 3.63) is 23.8 Å². The highest BCUT2D eigenvalue weighted by atomic mass is 32.2. The van der Waals surface area contributed by atoms with Crippen molar-refractivity contribution < 1.29 is 16.8 Å². The molecular formula is C12H19NO4S2.